The van der Waals surface area contributed by atoms with Crippen molar-refractivity contribution in [1.29, 1.82) is 0 Å². The second-order valence-electron chi connectivity index (χ2n) is 6.06. The molecule has 1 aromatic rings. The summed E-state index contributed by atoms with van der Waals surface area (Å²) in [5.74, 6) is 0. The first-order chi connectivity index (χ1) is 8.72. The number of benzene rings is 1. The van der Waals surface area contributed by atoms with Crippen LogP contribution in [0.25, 0.3) is 0 Å². The molecule has 2 nitrogen and oxygen atoms in total. The van der Waals surface area contributed by atoms with Crippen LogP contribution in [0.1, 0.15) is 49.7 Å². The molecular weight excluding hydrogens is 222 g/mol. The predicted octanol–water partition coefficient (Wildman–Crippen LogP) is 2.73. The minimum absolute atomic E-state index is 0.0855. The lowest BCUT2D eigenvalue weighted by Gasteiger charge is -2.48. The predicted molar refractivity (Wildman–Crippen MR) is 73.2 cm³/mol. The summed E-state index contributed by atoms with van der Waals surface area (Å²) in [4.78, 5) is 0. The molecular formula is C16H23NO. The Bertz CT molecular complexity index is 436. The van der Waals surface area contributed by atoms with Gasteiger partial charge in [0.25, 0.3) is 0 Å². The minimum atomic E-state index is -0.682. The van der Waals surface area contributed by atoms with Crippen molar-refractivity contribution < 1.29 is 5.11 Å². The number of aryl methyl sites for hydroxylation is 1. The lowest BCUT2D eigenvalue weighted by molar-refractivity contribution is -0.105. The second-order valence-corrected chi connectivity index (χ2v) is 6.06. The van der Waals surface area contributed by atoms with Crippen LogP contribution in [0, 0.1) is 5.41 Å². The van der Waals surface area contributed by atoms with Crippen LogP contribution in [0.15, 0.2) is 24.3 Å². The zero-order valence-corrected chi connectivity index (χ0v) is 11.0. The number of aliphatic hydroxyl groups is 1. The minimum Gasteiger partial charge on any atom is -0.385 e. The summed E-state index contributed by atoms with van der Waals surface area (Å²) >= 11 is 0. The quantitative estimate of drug-likeness (QED) is 0.841. The van der Waals surface area contributed by atoms with Crippen LogP contribution in [0.5, 0.6) is 0 Å². The monoisotopic (exact) mass is 245 g/mol. The van der Waals surface area contributed by atoms with Crippen molar-refractivity contribution in [2.45, 2.75) is 50.5 Å². The highest BCUT2D eigenvalue weighted by molar-refractivity contribution is 5.39. The molecule has 18 heavy (non-hydrogen) atoms. The number of fused-ring (bicyclic) bond motifs is 1. The third kappa shape index (κ3) is 1.55. The van der Waals surface area contributed by atoms with Gasteiger partial charge in [-0.3, -0.25) is 0 Å². The maximum atomic E-state index is 11.3. The summed E-state index contributed by atoms with van der Waals surface area (Å²) < 4.78 is 0. The van der Waals surface area contributed by atoms with Gasteiger partial charge in [0.2, 0.25) is 0 Å². The molecule has 98 valence electrons. The first kappa shape index (κ1) is 12.2. The summed E-state index contributed by atoms with van der Waals surface area (Å²) in [6, 6.07) is 8.37. The van der Waals surface area contributed by atoms with E-state index in [9.17, 15) is 5.11 Å². The lowest BCUT2D eigenvalue weighted by Crippen LogP contribution is -2.50. The standard InChI is InChI=1S/C16H23NO/c17-12-15(9-4-1-5-10-15)16(18)11-8-13-6-2-3-7-14(13)16/h2-3,6-7,18H,1,4-5,8-12,17H2. The average Bonchev–Trinajstić information content (AvgIpc) is 2.79. The summed E-state index contributed by atoms with van der Waals surface area (Å²) in [6.45, 7) is 0.609. The van der Waals surface area contributed by atoms with E-state index in [-0.39, 0.29) is 5.41 Å². The van der Waals surface area contributed by atoms with E-state index < -0.39 is 5.60 Å². The van der Waals surface area contributed by atoms with Gasteiger partial charge >= 0.3 is 0 Å². The third-order valence-corrected chi connectivity index (χ3v) is 5.30. The number of rotatable bonds is 2. The van der Waals surface area contributed by atoms with Crippen molar-refractivity contribution in [3.05, 3.63) is 35.4 Å². The molecule has 0 bridgehead atoms. The fourth-order valence-corrected chi connectivity index (χ4v) is 4.16. The first-order valence-corrected chi connectivity index (χ1v) is 7.23. The van der Waals surface area contributed by atoms with Gasteiger partial charge in [-0.1, -0.05) is 43.5 Å². The van der Waals surface area contributed by atoms with Crippen molar-refractivity contribution in [1.82, 2.24) is 0 Å². The van der Waals surface area contributed by atoms with E-state index in [1.807, 2.05) is 6.07 Å². The van der Waals surface area contributed by atoms with Crippen LogP contribution in [-0.2, 0) is 12.0 Å². The molecule has 0 amide bonds. The van der Waals surface area contributed by atoms with Gasteiger partial charge in [0.1, 0.15) is 0 Å². The molecule has 3 rings (SSSR count). The van der Waals surface area contributed by atoms with Crippen LogP contribution in [0.4, 0.5) is 0 Å². The van der Waals surface area contributed by atoms with Crippen LogP contribution >= 0.6 is 0 Å². The first-order valence-electron chi connectivity index (χ1n) is 7.23. The Morgan fingerprint density at radius 3 is 2.50 bits per heavy atom. The van der Waals surface area contributed by atoms with Gasteiger partial charge in [0, 0.05) is 12.0 Å². The Kier molecular flexibility index (Phi) is 2.95. The topological polar surface area (TPSA) is 46.2 Å². The van der Waals surface area contributed by atoms with Gasteiger partial charge in [-0.25, -0.2) is 0 Å². The molecule has 1 unspecified atom stereocenters. The second kappa shape index (κ2) is 4.36. The summed E-state index contributed by atoms with van der Waals surface area (Å²) in [7, 11) is 0. The molecule has 0 saturated heterocycles. The van der Waals surface area contributed by atoms with Crippen LogP contribution in [0.3, 0.4) is 0 Å². The molecule has 0 spiro atoms. The van der Waals surface area contributed by atoms with Gasteiger partial charge < -0.3 is 10.8 Å². The molecule has 1 aromatic carbocycles. The fourth-order valence-electron chi connectivity index (χ4n) is 4.16. The molecule has 1 saturated carbocycles. The molecule has 1 atom stereocenters. The molecule has 3 N–H and O–H groups in total. The summed E-state index contributed by atoms with van der Waals surface area (Å²) in [5, 5.41) is 11.3. The normalized spacial score (nSPS) is 30.1. The summed E-state index contributed by atoms with van der Waals surface area (Å²) in [5.41, 5.74) is 7.80. The fraction of sp³-hybridized carbons (Fsp3) is 0.625. The van der Waals surface area contributed by atoms with Gasteiger partial charge in [0.15, 0.2) is 0 Å². The van der Waals surface area contributed by atoms with Crippen molar-refractivity contribution in [2.24, 2.45) is 11.1 Å². The van der Waals surface area contributed by atoms with E-state index in [0.717, 1.165) is 31.2 Å². The molecule has 0 radical (unpaired) electrons. The lowest BCUT2D eigenvalue weighted by atomic mass is 9.61. The Morgan fingerprint density at radius 2 is 1.78 bits per heavy atom. The molecule has 0 heterocycles. The maximum absolute atomic E-state index is 11.3. The molecule has 2 aliphatic carbocycles. The van der Waals surface area contributed by atoms with Crippen molar-refractivity contribution in [3.8, 4) is 0 Å². The summed E-state index contributed by atoms with van der Waals surface area (Å²) in [6.07, 6.45) is 7.71. The van der Waals surface area contributed by atoms with Crippen molar-refractivity contribution in [2.75, 3.05) is 6.54 Å². The van der Waals surface area contributed by atoms with E-state index in [1.165, 1.54) is 24.8 Å². The van der Waals surface area contributed by atoms with Crippen LogP contribution in [0.2, 0.25) is 0 Å². The Hall–Kier alpha value is -0.860. The Morgan fingerprint density at radius 1 is 1.06 bits per heavy atom. The maximum Gasteiger partial charge on any atom is 0.0970 e. The number of hydrogen-bond acceptors (Lipinski definition) is 2. The molecule has 0 aromatic heterocycles. The van der Waals surface area contributed by atoms with Crippen LogP contribution < -0.4 is 5.73 Å². The smallest absolute Gasteiger partial charge is 0.0970 e. The third-order valence-electron chi connectivity index (χ3n) is 5.30. The van der Waals surface area contributed by atoms with Gasteiger partial charge in [0.05, 0.1) is 5.60 Å². The molecule has 0 aliphatic heterocycles. The van der Waals surface area contributed by atoms with E-state index in [2.05, 4.69) is 18.2 Å². The highest BCUT2D eigenvalue weighted by Crippen LogP contribution is 2.54. The van der Waals surface area contributed by atoms with Crippen molar-refractivity contribution in [3.63, 3.8) is 0 Å². The van der Waals surface area contributed by atoms with E-state index in [1.54, 1.807) is 0 Å². The zero-order chi connectivity index (χ0) is 12.6. The van der Waals surface area contributed by atoms with E-state index in [4.69, 9.17) is 5.73 Å². The van der Waals surface area contributed by atoms with Gasteiger partial charge in [-0.05, 0) is 36.8 Å². The van der Waals surface area contributed by atoms with E-state index >= 15 is 0 Å². The molecule has 1 fully saturated rings. The zero-order valence-electron chi connectivity index (χ0n) is 11.0. The number of nitrogens with two attached hydrogens (primary N) is 1. The average molecular weight is 245 g/mol. The van der Waals surface area contributed by atoms with Gasteiger partial charge in [-0.2, -0.15) is 0 Å². The molecule has 2 heteroatoms. The highest BCUT2D eigenvalue weighted by Gasteiger charge is 2.53. The Balaban J connectivity index is 2.04. The van der Waals surface area contributed by atoms with Gasteiger partial charge in [-0.15, -0.1) is 0 Å². The Labute approximate surface area is 109 Å². The molecule has 2 aliphatic rings. The van der Waals surface area contributed by atoms with Crippen LogP contribution in [-0.4, -0.2) is 11.7 Å². The highest BCUT2D eigenvalue weighted by atomic mass is 16.3. The SMILES string of the molecule is NCC1(C2(O)CCc3ccccc32)CCCCC1. The largest absolute Gasteiger partial charge is 0.385 e. The van der Waals surface area contributed by atoms with E-state index in [0.29, 0.717) is 6.54 Å². The van der Waals surface area contributed by atoms with Crippen molar-refractivity contribution >= 4 is 0 Å². The number of hydrogen-bond donors (Lipinski definition) is 2.